The molecule has 2 aliphatic rings. The van der Waals surface area contributed by atoms with Crippen LogP contribution >= 0.6 is 0 Å². The fourth-order valence-electron chi connectivity index (χ4n) is 4.70. The molecule has 0 aliphatic carbocycles. The highest BCUT2D eigenvalue weighted by Gasteiger charge is 2.41. The topological polar surface area (TPSA) is 93.1 Å². The maximum absolute atomic E-state index is 12.6. The maximum Gasteiger partial charge on any atom is 0.331 e. The van der Waals surface area contributed by atoms with Crippen molar-refractivity contribution in [3.8, 4) is 0 Å². The van der Waals surface area contributed by atoms with Crippen molar-refractivity contribution in [3.05, 3.63) is 83.0 Å². The number of carbonyl (C=O) groups is 2. The highest BCUT2D eigenvalue weighted by molar-refractivity contribution is 5.84. The number of aliphatic carboxylic acids is 1. The third-order valence-corrected chi connectivity index (χ3v) is 6.58. The molecule has 3 rings (SSSR count). The molecule has 36 heavy (non-hydrogen) atoms. The van der Waals surface area contributed by atoms with E-state index in [0.717, 1.165) is 17.6 Å². The summed E-state index contributed by atoms with van der Waals surface area (Å²) in [6.45, 7) is 4.09. The number of fused-ring (bicyclic) bond motifs is 2. The number of benzene rings is 1. The van der Waals surface area contributed by atoms with Gasteiger partial charge in [-0.1, -0.05) is 65.8 Å². The molecular formula is C30H38O6. The highest BCUT2D eigenvalue weighted by atomic mass is 16.6. The predicted octanol–water partition coefficient (Wildman–Crippen LogP) is 5.82. The minimum Gasteiger partial charge on any atom is -0.481 e. The van der Waals surface area contributed by atoms with Crippen molar-refractivity contribution in [1.82, 2.24) is 0 Å². The van der Waals surface area contributed by atoms with Gasteiger partial charge in [0.05, 0.1) is 12.5 Å². The molecule has 0 radical (unpaired) electrons. The summed E-state index contributed by atoms with van der Waals surface area (Å²) < 4.78 is 11.9. The van der Waals surface area contributed by atoms with Gasteiger partial charge in [-0.15, -0.1) is 0 Å². The largest absolute Gasteiger partial charge is 0.481 e. The van der Waals surface area contributed by atoms with Crippen molar-refractivity contribution in [2.75, 3.05) is 0 Å². The van der Waals surface area contributed by atoms with Crippen LogP contribution in [0.1, 0.15) is 70.8 Å². The Morgan fingerprint density at radius 3 is 2.72 bits per heavy atom. The van der Waals surface area contributed by atoms with Gasteiger partial charge < -0.3 is 19.7 Å². The van der Waals surface area contributed by atoms with E-state index in [2.05, 4.69) is 31.2 Å². The zero-order chi connectivity index (χ0) is 26.0. The van der Waals surface area contributed by atoms with Gasteiger partial charge >= 0.3 is 11.9 Å². The normalized spacial score (nSPS) is 29.6. The molecule has 0 saturated carbocycles. The molecule has 2 bridgehead atoms. The molecule has 0 aromatic heterocycles. The zero-order valence-electron chi connectivity index (χ0n) is 21.3. The van der Waals surface area contributed by atoms with Crippen molar-refractivity contribution < 1.29 is 29.3 Å². The van der Waals surface area contributed by atoms with Crippen LogP contribution in [0.2, 0.25) is 0 Å². The van der Waals surface area contributed by atoms with Crippen LogP contribution in [0.25, 0.3) is 0 Å². The number of allylic oxidation sites excluding steroid dienone is 5. The van der Waals surface area contributed by atoms with Crippen LogP contribution < -0.4 is 0 Å². The van der Waals surface area contributed by atoms with E-state index in [1.165, 1.54) is 11.6 Å². The number of carbonyl (C=O) groups excluding carboxylic acids is 1. The van der Waals surface area contributed by atoms with Crippen LogP contribution in [0.3, 0.4) is 0 Å². The van der Waals surface area contributed by atoms with Crippen LogP contribution in [-0.4, -0.2) is 40.1 Å². The number of hydrogen-bond acceptors (Lipinski definition) is 5. The summed E-state index contributed by atoms with van der Waals surface area (Å²) in [5.41, 5.74) is 4.02. The SMILES string of the molecule is C/C(=C\Cc1ccccc1)CC[C@@]1(O)CC2C[C@@H](C/C(C)=C/C/C=C/C/C(CC(=O)O)=C\C(=O)O2)O1. The smallest absolute Gasteiger partial charge is 0.331 e. The van der Waals surface area contributed by atoms with Gasteiger partial charge in [0.15, 0.2) is 5.79 Å². The molecule has 1 aromatic carbocycles. The van der Waals surface area contributed by atoms with Crippen LogP contribution in [0.15, 0.2) is 77.4 Å². The second-order valence-electron chi connectivity index (χ2n) is 9.96. The van der Waals surface area contributed by atoms with Gasteiger partial charge in [-0.2, -0.15) is 0 Å². The number of ether oxygens (including phenoxy) is 2. The second-order valence-corrected chi connectivity index (χ2v) is 9.96. The Morgan fingerprint density at radius 2 is 1.97 bits per heavy atom. The number of carboxylic acids is 1. The molecule has 6 nitrogen and oxygen atoms in total. The van der Waals surface area contributed by atoms with Gasteiger partial charge in [0, 0.05) is 25.3 Å². The van der Waals surface area contributed by atoms with E-state index in [9.17, 15) is 19.8 Å². The quantitative estimate of drug-likeness (QED) is 0.366. The summed E-state index contributed by atoms with van der Waals surface area (Å²) in [6, 6.07) is 10.2. The Kier molecular flexibility index (Phi) is 10.3. The Bertz CT molecular complexity index is 1020. The lowest BCUT2D eigenvalue weighted by molar-refractivity contribution is -0.275. The molecule has 0 amide bonds. The first-order valence-corrected chi connectivity index (χ1v) is 12.7. The monoisotopic (exact) mass is 494 g/mol. The van der Waals surface area contributed by atoms with Crippen molar-refractivity contribution in [2.45, 2.75) is 89.6 Å². The average Bonchev–Trinajstić information content (AvgIpc) is 2.80. The predicted molar refractivity (Wildman–Crippen MR) is 139 cm³/mol. The van der Waals surface area contributed by atoms with Crippen LogP contribution in [0.5, 0.6) is 0 Å². The van der Waals surface area contributed by atoms with Gasteiger partial charge in [-0.25, -0.2) is 4.79 Å². The van der Waals surface area contributed by atoms with Crippen LogP contribution in [0, 0.1) is 0 Å². The zero-order valence-corrected chi connectivity index (χ0v) is 21.3. The molecule has 194 valence electrons. The van der Waals surface area contributed by atoms with E-state index in [1.807, 2.05) is 37.3 Å². The van der Waals surface area contributed by atoms with Crippen LogP contribution in [0.4, 0.5) is 0 Å². The second kappa shape index (κ2) is 13.4. The summed E-state index contributed by atoms with van der Waals surface area (Å²) in [6.07, 6.45) is 12.7. The first-order valence-electron chi connectivity index (χ1n) is 12.7. The fourth-order valence-corrected chi connectivity index (χ4v) is 4.70. The lowest BCUT2D eigenvalue weighted by Gasteiger charge is -2.41. The molecule has 1 fully saturated rings. The Morgan fingerprint density at radius 1 is 1.19 bits per heavy atom. The molecular weight excluding hydrogens is 456 g/mol. The average molecular weight is 495 g/mol. The summed E-state index contributed by atoms with van der Waals surface area (Å²) in [4.78, 5) is 23.9. The molecule has 1 saturated heterocycles. The minimum atomic E-state index is -1.40. The first-order chi connectivity index (χ1) is 17.2. The Hall–Kier alpha value is -2.96. The van der Waals surface area contributed by atoms with Gasteiger partial charge in [-0.05, 0) is 57.1 Å². The van der Waals surface area contributed by atoms with Gasteiger partial charge in [-0.3, -0.25) is 4.79 Å². The molecule has 6 heteroatoms. The van der Waals surface area contributed by atoms with E-state index in [0.29, 0.717) is 44.1 Å². The number of carboxylic acid groups (broad SMARTS) is 1. The maximum atomic E-state index is 12.6. The first kappa shape index (κ1) is 27.6. The number of hydrogen-bond donors (Lipinski definition) is 2. The molecule has 0 spiro atoms. The summed E-state index contributed by atoms with van der Waals surface area (Å²) >= 11 is 0. The summed E-state index contributed by atoms with van der Waals surface area (Å²) in [5.74, 6) is -2.97. The molecule has 3 atom stereocenters. The lowest BCUT2D eigenvalue weighted by Crippen LogP contribution is -2.47. The van der Waals surface area contributed by atoms with Gasteiger partial charge in [0.1, 0.15) is 6.10 Å². The lowest BCUT2D eigenvalue weighted by atomic mass is 9.91. The Labute approximate surface area is 214 Å². The highest BCUT2D eigenvalue weighted by Crippen LogP contribution is 2.35. The summed E-state index contributed by atoms with van der Waals surface area (Å²) in [5, 5.41) is 20.6. The van der Waals surface area contributed by atoms with Crippen molar-refractivity contribution in [3.63, 3.8) is 0 Å². The molecule has 2 heterocycles. The van der Waals surface area contributed by atoms with Crippen molar-refractivity contribution >= 4 is 11.9 Å². The summed E-state index contributed by atoms with van der Waals surface area (Å²) in [7, 11) is 0. The van der Waals surface area contributed by atoms with Crippen LogP contribution in [-0.2, 0) is 25.5 Å². The third kappa shape index (κ3) is 9.59. The van der Waals surface area contributed by atoms with E-state index in [1.54, 1.807) is 0 Å². The fraction of sp³-hybridized carbons (Fsp3) is 0.467. The van der Waals surface area contributed by atoms with Gasteiger partial charge in [0.25, 0.3) is 0 Å². The third-order valence-electron chi connectivity index (χ3n) is 6.58. The van der Waals surface area contributed by atoms with E-state index in [4.69, 9.17) is 9.47 Å². The van der Waals surface area contributed by atoms with E-state index in [-0.39, 0.29) is 18.9 Å². The van der Waals surface area contributed by atoms with Gasteiger partial charge in [0.2, 0.25) is 0 Å². The number of aliphatic hydroxyl groups is 1. The molecule has 1 unspecified atom stereocenters. The number of esters is 1. The van der Waals surface area contributed by atoms with E-state index < -0.39 is 23.8 Å². The standard InChI is InChI=1S/C30H38O6/c1-22(13-14-24-10-6-4-7-11-24)15-16-30(34)21-27-20-26(36-30)17-23(2)9-5-3-8-12-25(18-28(31)32)19-29(33)35-27/h3-4,6-11,13,19,26-27,34H,5,12,14-18,20-21H2,1-2H3,(H,31,32)/b8-3+,22-13+,23-9+,25-19+/t26-,27?,30+/m1/s1. The number of rotatable bonds is 7. The molecule has 2 aliphatic heterocycles. The van der Waals surface area contributed by atoms with Crippen molar-refractivity contribution in [1.29, 1.82) is 0 Å². The van der Waals surface area contributed by atoms with Crippen molar-refractivity contribution in [2.24, 2.45) is 0 Å². The van der Waals surface area contributed by atoms with E-state index >= 15 is 0 Å². The molecule has 2 N–H and O–H groups in total. The minimum absolute atomic E-state index is 0.186. The Balaban J connectivity index is 1.72. The molecule has 1 aromatic rings.